The maximum absolute atomic E-state index is 12.4. The molecule has 0 amide bonds. The Bertz CT molecular complexity index is 612. The van der Waals surface area contributed by atoms with Crippen LogP contribution in [0, 0.1) is 13.8 Å². The summed E-state index contributed by atoms with van der Waals surface area (Å²) in [6.45, 7) is 5.26. The van der Waals surface area contributed by atoms with Crippen LogP contribution in [0.3, 0.4) is 0 Å². The Morgan fingerprint density at radius 2 is 1.95 bits per heavy atom. The predicted octanol–water partition coefficient (Wildman–Crippen LogP) is 1.32. The summed E-state index contributed by atoms with van der Waals surface area (Å²) in [5.74, 6) is 0.471. The number of benzene rings is 1. The van der Waals surface area contributed by atoms with Crippen LogP contribution in [0.5, 0.6) is 0 Å². The van der Waals surface area contributed by atoms with Crippen LogP contribution in [0.25, 0.3) is 0 Å². The van der Waals surface area contributed by atoms with Crippen molar-refractivity contribution in [1.29, 1.82) is 0 Å². The maximum atomic E-state index is 12.4. The monoisotopic (exact) mass is 318 g/mol. The van der Waals surface area contributed by atoms with Crippen molar-refractivity contribution in [2.24, 2.45) is 0 Å². The Morgan fingerprint density at radius 3 is 2.50 bits per heavy atom. The number of nitrogens with two attached hydrogens (primary N) is 1. The summed E-state index contributed by atoms with van der Waals surface area (Å²) in [7, 11) is -4.54. The number of hydrogen-bond acceptors (Lipinski definition) is 4. The van der Waals surface area contributed by atoms with Crippen molar-refractivity contribution in [3.05, 3.63) is 23.3 Å². The lowest BCUT2D eigenvalue weighted by molar-refractivity contribution is 0.555. The summed E-state index contributed by atoms with van der Waals surface area (Å²) < 4.78 is 38.4. The Hall–Kier alpha value is -0.920. The summed E-state index contributed by atoms with van der Waals surface area (Å²) in [5.41, 5.74) is 7.63. The summed E-state index contributed by atoms with van der Waals surface area (Å²) in [6.07, 6.45) is 2.13. The second-order valence-electron chi connectivity index (χ2n) is 5.07. The van der Waals surface area contributed by atoms with Crippen LogP contribution >= 0.6 is 0 Å². The highest BCUT2D eigenvalue weighted by Gasteiger charge is 2.21. The number of hydrogen-bond donors (Lipinski definition) is 2. The minimum atomic E-state index is -3.61. The van der Waals surface area contributed by atoms with Crippen LogP contribution in [0.1, 0.15) is 24.5 Å². The predicted molar refractivity (Wildman–Crippen MR) is 83.7 cm³/mol. The van der Waals surface area contributed by atoms with E-state index in [1.807, 2.05) is 0 Å². The average Bonchev–Trinajstić information content (AvgIpc) is 2.30. The van der Waals surface area contributed by atoms with Gasteiger partial charge in [0.25, 0.3) is 0 Å². The standard InChI is InChI=1S/C13H22N2O3S2/c1-9-7-12(14)11(3)13(8-9)20(17,18)15-10(2)5-6-19(4)16/h7-8,10,15H,5-6,14H2,1-4H3. The SMILES string of the molecule is Cc1cc(N)c(C)c(S(=O)(=O)NC(C)CCS(C)=O)c1. The molecule has 1 aromatic carbocycles. The minimum absolute atomic E-state index is 0.208. The summed E-state index contributed by atoms with van der Waals surface area (Å²) >= 11 is 0. The highest BCUT2D eigenvalue weighted by molar-refractivity contribution is 7.89. The van der Waals surface area contributed by atoms with Gasteiger partial charge in [0.1, 0.15) is 0 Å². The number of nitrogen functional groups attached to an aromatic ring is 1. The van der Waals surface area contributed by atoms with E-state index in [0.717, 1.165) is 5.56 Å². The first kappa shape index (κ1) is 17.1. The number of aryl methyl sites for hydroxylation is 1. The van der Waals surface area contributed by atoms with Crippen molar-refractivity contribution < 1.29 is 12.6 Å². The lowest BCUT2D eigenvalue weighted by atomic mass is 10.1. The average molecular weight is 318 g/mol. The van der Waals surface area contributed by atoms with Gasteiger partial charge in [-0.05, 0) is 50.5 Å². The Morgan fingerprint density at radius 1 is 1.35 bits per heavy atom. The normalized spacial score (nSPS) is 15.0. The van der Waals surface area contributed by atoms with Gasteiger partial charge in [-0.3, -0.25) is 4.21 Å². The van der Waals surface area contributed by atoms with E-state index < -0.39 is 20.8 Å². The minimum Gasteiger partial charge on any atom is -0.398 e. The smallest absolute Gasteiger partial charge is 0.241 e. The van der Waals surface area contributed by atoms with Gasteiger partial charge in [0.05, 0.1) is 4.90 Å². The van der Waals surface area contributed by atoms with Gasteiger partial charge in [0.2, 0.25) is 10.0 Å². The third-order valence-corrected chi connectivity index (χ3v) is 5.56. The van der Waals surface area contributed by atoms with Gasteiger partial charge in [0, 0.05) is 34.5 Å². The molecule has 0 spiro atoms. The molecule has 7 heteroatoms. The van der Waals surface area contributed by atoms with Crippen molar-refractivity contribution in [2.75, 3.05) is 17.7 Å². The van der Waals surface area contributed by atoms with Crippen LogP contribution < -0.4 is 10.5 Å². The molecular weight excluding hydrogens is 296 g/mol. The quantitative estimate of drug-likeness (QED) is 0.774. The van der Waals surface area contributed by atoms with Gasteiger partial charge in [-0.15, -0.1) is 0 Å². The third-order valence-electron chi connectivity index (χ3n) is 3.03. The fourth-order valence-electron chi connectivity index (χ4n) is 1.86. The lowest BCUT2D eigenvalue weighted by Crippen LogP contribution is -2.34. The summed E-state index contributed by atoms with van der Waals surface area (Å²) in [6, 6.07) is 3.08. The molecule has 0 radical (unpaired) electrons. The Kier molecular flexibility index (Phi) is 5.73. The molecule has 0 aliphatic carbocycles. The van der Waals surface area contributed by atoms with Crippen molar-refractivity contribution in [3.63, 3.8) is 0 Å². The molecule has 0 saturated heterocycles. The number of rotatable bonds is 6. The first-order chi connectivity index (χ1) is 9.13. The molecule has 5 nitrogen and oxygen atoms in total. The first-order valence-corrected chi connectivity index (χ1v) is 9.53. The van der Waals surface area contributed by atoms with Crippen LogP contribution in [0.2, 0.25) is 0 Å². The fourth-order valence-corrected chi connectivity index (χ4v) is 4.18. The van der Waals surface area contributed by atoms with E-state index in [1.54, 1.807) is 39.2 Å². The zero-order valence-corrected chi connectivity index (χ0v) is 13.9. The molecule has 0 heterocycles. The van der Waals surface area contributed by atoms with Gasteiger partial charge in [-0.2, -0.15) is 0 Å². The molecule has 0 aliphatic heterocycles. The highest BCUT2D eigenvalue weighted by atomic mass is 32.2. The van der Waals surface area contributed by atoms with Gasteiger partial charge in [-0.1, -0.05) is 0 Å². The molecule has 0 fully saturated rings. The van der Waals surface area contributed by atoms with E-state index in [2.05, 4.69) is 4.72 Å². The zero-order chi connectivity index (χ0) is 15.5. The van der Waals surface area contributed by atoms with Crippen molar-refractivity contribution >= 4 is 26.5 Å². The van der Waals surface area contributed by atoms with Gasteiger partial charge in [0.15, 0.2) is 0 Å². The summed E-state index contributed by atoms with van der Waals surface area (Å²) in [5, 5.41) is 0. The van der Waals surface area contributed by atoms with Crippen molar-refractivity contribution in [3.8, 4) is 0 Å². The molecular formula is C13H22N2O3S2. The second-order valence-corrected chi connectivity index (χ2v) is 8.30. The van der Waals surface area contributed by atoms with E-state index in [4.69, 9.17) is 5.73 Å². The van der Waals surface area contributed by atoms with Crippen LogP contribution in [0.15, 0.2) is 17.0 Å². The second kappa shape index (κ2) is 6.69. The topological polar surface area (TPSA) is 89.3 Å². The molecule has 0 saturated carbocycles. The maximum Gasteiger partial charge on any atom is 0.241 e. The fraction of sp³-hybridized carbons (Fsp3) is 0.538. The Labute approximate surface area is 123 Å². The van der Waals surface area contributed by atoms with Gasteiger partial charge < -0.3 is 5.73 Å². The van der Waals surface area contributed by atoms with E-state index in [9.17, 15) is 12.6 Å². The van der Waals surface area contributed by atoms with E-state index in [0.29, 0.717) is 23.4 Å². The Balaban J connectivity index is 2.97. The highest BCUT2D eigenvalue weighted by Crippen LogP contribution is 2.23. The van der Waals surface area contributed by atoms with Crippen LogP contribution in [-0.4, -0.2) is 30.7 Å². The zero-order valence-electron chi connectivity index (χ0n) is 12.3. The van der Waals surface area contributed by atoms with E-state index >= 15 is 0 Å². The van der Waals surface area contributed by atoms with Gasteiger partial charge >= 0.3 is 0 Å². The van der Waals surface area contributed by atoms with Crippen molar-refractivity contribution in [2.45, 2.75) is 38.1 Å². The first-order valence-electron chi connectivity index (χ1n) is 6.32. The summed E-state index contributed by atoms with van der Waals surface area (Å²) in [4.78, 5) is 0.208. The molecule has 1 aromatic rings. The molecule has 114 valence electrons. The van der Waals surface area contributed by atoms with Gasteiger partial charge in [-0.25, -0.2) is 13.1 Å². The molecule has 2 atom stereocenters. The molecule has 20 heavy (non-hydrogen) atoms. The molecule has 0 bridgehead atoms. The number of sulfonamides is 1. The molecule has 1 rings (SSSR count). The molecule has 0 aromatic heterocycles. The molecule has 0 aliphatic rings. The lowest BCUT2D eigenvalue weighted by Gasteiger charge is -2.16. The number of anilines is 1. The third kappa shape index (κ3) is 4.57. The van der Waals surface area contributed by atoms with E-state index in [-0.39, 0.29) is 10.9 Å². The molecule has 3 N–H and O–H groups in total. The van der Waals surface area contributed by atoms with Crippen LogP contribution in [0.4, 0.5) is 5.69 Å². The van der Waals surface area contributed by atoms with Crippen molar-refractivity contribution in [1.82, 2.24) is 4.72 Å². The molecule has 2 unspecified atom stereocenters. The van der Waals surface area contributed by atoms with E-state index in [1.165, 1.54) is 0 Å². The van der Waals surface area contributed by atoms with Crippen LogP contribution in [-0.2, 0) is 20.8 Å². The largest absolute Gasteiger partial charge is 0.398 e. The number of nitrogens with one attached hydrogen (secondary N) is 1.